The Balaban J connectivity index is 1.63. The topological polar surface area (TPSA) is 65.3 Å². The first-order valence-corrected chi connectivity index (χ1v) is 6.66. The van der Waals surface area contributed by atoms with Crippen LogP contribution in [0.2, 0.25) is 0 Å². The van der Waals surface area contributed by atoms with Gasteiger partial charge in [0.05, 0.1) is 25.6 Å². The summed E-state index contributed by atoms with van der Waals surface area (Å²) < 4.78 is 5.39. The molecule has 100 valence electrons. The molecule has 2 saturated heterocycles. The molecule has 0 aromatic carbocycles. The van der Waals surface area contributed by atoms with Gasteiger partial charge in [0.25, 0.3) is 0 Å². The molecule has 19 heavy (non-hydrogen) atoms. The summed E-state index contributed by atoms with van der Waals surface area (Å²) in [7, 11) is 0. The van der Waals surface area contributed by atoms with E-state index in [0.717, 1.165) is 51.6 Å². The van der Waals surface area contributed by atoms with Crippen molar-refractivity contribution in [2.75, 3.05) is 44.3 Å². The number of nitrogens with zero attached hydrogens (tertiary/aromatic N) is 5. The van der Waals surface area contributed by atoms with Gasteiger partial charge in [0, 0.05) is 32.2 Å². The maximum absolute atomic E-state index is 8.72. The minimum absolute atomic E-state index is 0.368. The van der Waals surface area contributed by atoms with Crippen LogP contribution < -0.4 is 4.90 Å². The molecule has 0 radical (unpaired) electrons. The molecule has 1 unspecified atom stereocenters. The Morgan fingerprint density at radius 3 is 2.74 bits per heavy atom. The van der Waals surface area contributed by atoms with Crippen molar-refractivity contribution in [3.8, 4) is 6.07 Å². The van der Waals surface area contributed by atoms with Gasteiger partial charge in [0.15, 0.2) is 5.69 Å². The van der Waals surface area contributed by atoms with Crippen molar-refractivity contribution in [3.63, 3.8) is 0 Å². The summed E-state index contributed by atoms with van der Waals surface area (Å²) in [6.45, 7) is 5.72. The second-order valence-corrected chi connectivity index (χ2v) is 4.91. The number of hydrogen-bond acceptors (Lipinski definition) is 6. The number of hydrogen-bond donors (Lipinski definition) is 0. The summed E-state index contributed by atoms with van der Waals surface area (Å²) in [5.41, 5.74) is 0.368. The largest absolute Gasteiger partial charge is 0.379 e. The second-order valence-electron chi connectivity index (χ2n) is 4.91. The van der Waals surface area contributed by atoms with Crippen molar-refractivity contribution in [3.05, 3.63) is 18.1 Å². The van der Waals surface area contributed by atoms with Crippen LogP contribution in [0.3, 0.4) is 0 Å². The monoisotopic (exact) mass is 259 g/mol. The standard InChI is InChI=1S/C13H17N5O/c14-7-11-8-16-13(9-15-11)18-2-1-12(10-18)17-3-5-19-6-4-17/h8-9,12H,1-6,10H2. The molecule has 6 heteroatoms. The lowest BCUT2D eigenvalue weighted by Gasteiger charge is -2.32. The van der Waals surface area contributed by atoms with Gasteiger partial charge < -0.3 is 9.64 Å². The van der Waals surface area contributed by atoms with Gasteiger partial charge in [-0.2, -0.15) is 5.26 Å². The average Bonchev–Trinajstić information content (AvgIpc) is 2.98. The maximum atomic E-state index is 8.72. The van der Waals surface area contributed by atoms with Crippen LogP contribution in [0, 0.1) is 11.3 Å². The van der Waals surface area contributed by atoms with E-state index in [2.05, 4.69) is 19.8 Å². The lowest BCUT2D eigenvalue weighted by Crippen LogP contribution is -2.44. The van der Waals surface area contributed by atoms with E-state index in [0.29, 0.717) is 11.7 Å². The van der Waals surface area contributed by atoms with E-state index >= 15 is 0 Å². The van der Waals surface area contributed by atoms with Crippen LogP contribution in [0.4, 0.5) is 5.82 Å². The summed E-state index contributed by atoms with van der Waals surface area (Å²) in [6, 6.07) is 2.58. The molecule has 0 N–H and O–H groups in total. The zero-order valence-electron chi connectivity index (χ0n) is 10.8. The summed E-state index contributed by atoms with van der Waals surface area (Å²) in [6.07, 6.45) is 4.39. The fraction of sp³-hybridized carbons (Fsp3) is 0.615. The Labute approximate surface area is 112 Å². The van der Waals surface area contributed by atoms with Gasteiger partial charge in [0.1, 0.15) is 11.9 Å². The molecular weight excluding hydrogens is 242 g/mol. The van der Waals surface area contributed by atoms with Crippen LogP contribution in [0.25, 0.3) is 0 Å². The summed E-state index contributed by atoms with van der Waals surface area (Å²) >= 11 is 0. The van der Waals surface area contributed by atoms with Gasteiger partial charge in [-0.05, 0) is 6.42 Å². The molecule has 1 atom stereocenters. The van der Waals surface area contributed by atoms with Crippen LogP contribution in [-0.4, -0.2) is 60.3 Å². The SMILES string of the molecule is N#Cc1cnc(N2CCC(N3CCOCC3)C2)cn1. The fourth-order valence-electron chi connectivity index (χ4n) is 2.73. The maximum Gasteiger partial charge on any atom is 0.158 e. The Kier molecular flexibility index (Phi) is 3.58. The Hall–Kier alpha value is -1.71. The van der Waals surface area contributed by atoms with Crippen molar-refractivity contribution in [2.24, 2.45) is 0 Å². The van der Waals surface area contributed by atoms with Crippen molar-refractivity contribution in [1.29, 1.82) is 5.26 Å². The zero-order valence-corrected chi connectivity index (χ0v) is 10.8. The highest BCUT2D eigenvalue weighted by Gasteiger charge is 2.29. The molecule has 3 heterocycles. The van der Waals surface area contributed by atoms with Gasteiger partial charge in [-0.15, -0.1) is 0 Å². The third-order valence-corrected chi connectivity index (χ3v) is 3.80. The van der Waals surface area contributed by atoms with Crippen LogP contribution in [0.1, 0.15) is 12.1 Å². The molecule has 0 amide bonds. The number of anilines is 1. The van der Waals surface area contributed by atoms with E-state index in [4.69, 9.17) is 10.00 Å². The second kappa shape index (κ2) is 5.51. The summed E-state index contributed by atoms with van der Waals surface area (Å²) in [5, 5.41) is 8.72. The number of morpholine rings is 1. The summed E-state index contributed by atoms with van der Waals surface area (Å²) in [5.74, 6) is 0.870. The minimum Gasteiger partial charge on any atom is -0.379 e. The van der Waals surface area contributed by atoms with Crippen molar-refractivity contribution < 1.29 is 4.74 Å². The molecule has 0 bridgehead atoms. The molecule has 2 fully saturated rings. The average molecular weight is 259 g/mol. The van der Waals surface area contributed by atoms with Crippen LogP contribution in [0.15, 0.2) is 12.4 Å². The van der Waals surface area contributed by atoms with E-state index in [1.807, 2.05) is 6.07 Å². The molecule has 1 aromatic rings. The van der Waals surface area contributed by atoms with Gasteiger partial charge in [-0.25, -0.2) is 9.97 Å². The lowest BCUT2D eigenvalue weighted by atomic mass is 10.2. The molecule has 6 nitrogen and oxygen atoms in total. The smallest absolute Gasteiger partial charge is 0.158 e. The molecular formula is C13H17N5O. The molecule has 1 aromatic heterocycles. The van der Waals surface area contributed by atoms with Crippen LogP contribution >= 0.6 is 0 Å². The molecule has 0 saturated carbocycles. The first-order chi connectivity index (χ1) is 9.36. The molecule has 0 aliphatic carbocycles. The lowest BCUT2D eigenvalue weighted by molar-refractivity contribution is 0.0209. The zero-order chi connectivity index (χ0) is 13.1. The van der Waals surface area contributed by atoms with E-state index in [9.17, 15) is 0 Å². The molecule has 0 spiro atoms. The highest BCUT2D eigenvalue weighted by molar-refractivity contribution is 5.39. The van der Waals surface area contributed by atoms with E-state index < -0.39 is 0 Å². The molecule has 3 rings (SSSR count). The Morgan fingerprint density at radius 2 is 2.05 bits per heavy atom. The van der Waals surface area contributed by atoms with E-state index in [-0.39, 0.29) is 0 Å². The number of rotatable bonds is 2. The van der Waals surface area contributed by atoms with Gasteiger partial charge in [0.2, 0.25) is 0 Å². The third kappa shape index (κ3) is 2.67. The first kappa shape index (κ1) is 12.3. The van der Waals surface area contributed by atoms with Gasteiger partial charge in [-0.1, -0.05) is 0 Å². The highest BCUT2D eigenvalue weighted by atomic mass is 16.5. The highest BCUT2D eigenvalue weighted by Crippen LogP contribution is 2.21. The Bertz CT molecular complexity index is 463. The minimum atomic E-state index is 0.368. The quantitative estimate of drug-likeness (QED) is 0.759. The molecule has 2 aliphatic rings. The van der Waals surface area contributed by atoms with Crippen molar-refractivity contribution >= 4 is 5.82 Å². The number of aromatic nitrogens is 2. The van der Waals surface area contributed by atoms with Crippen LogP contribution in [0.5, 0.6) is 0 Å². The van der Waals surface area contributed by atoms with Gasteiger partial charge in [-0.3, -0.25) is 4.90 Å². The van der Waals surface area contributed by atoms with Crippen molar-refractivity contribution in [2.45, 2.75) is 12.5 Å². The van der Waals surface area contributed by atoms with E-state index in [1.165, 1.54) is 6.20 Å². The predicted octanol–water partition coefficient (Wildman–Crippen LogP) is 0.259. The Morgan fingerprint density at radius 1 is 1.21 bits per heavy atom. The fourth-order valence-corrected chi connectivity index (χ4v) is 2.73. The number of ether oxygens (including phenoxy) is 1. The van der Waals surface area contributed by atoms with E-state index in [1.54, 1.807) is 6.20 Å². The van der Waals surface area contributed by atoms with Crippen molar-refractivity contribution in [1.82, 2.24) is 14.9 Å². The predicted molar refractivity (Wildman–Crippen MR) is 69.8 cm³/mol. The third-order valence-electron chi connectivity index (χ3n) is 3.80. The molecule has 2 aliphatic heterocycles. The number of nitriles is 1. The van der Waals surface area contributed by atoms with Gasteiger partial charge >= 0.3 is 0 Å². The normalized spacial score (nSPS) is 24.4. The summed E-state index contributed by atoms with van der Waals surface area (Å²) in [4.78, 5) is 13.1. The van der Waals surface area contributed by atoms with Crippen LogP contribution in [-0.2, 0) is 4.74 Å². The first-order valence-electron chi connectivity index (χ1n) is 6.66.